The lowest BCUT2D eigenvalue weighted by Crippen LogP contribution is -2.38. The van der Waals surface area contributed by atoms with Crippen molar-refractivity contribution in [3.05, 3.63) is 29.3 Å². The molecule has 0 amide bonds. The van der Waals surface area contributed by atoms with Crippen LogP contribution in [0.2, 0.25) is 0 Å². The molecule has 0 bridgehead atoms. The lowest BCUT2D eigenvalue weighted by Gasteiger charge is -2.25. The Bertz CT molecular complexity index is 403. The first-order valence-electron chi connectivity index (χ1n) is 6.74. The maximum absolute atomic E-state index is 9.36. The van der Waals surface area contributed by atoms with Crippen molar-refractivity contribution in [2.75, 3.05) is 13.2 Å². The zero-order valence-corrected chi connectivity index (χ0v) is 11.4. The summed E-state index contributed by atoms with van der Waals surface area (Å²) in [7, 11) is 0. The van der Waals surface area contributed by atoms with Gasteiger partial charge in [0.05, 0.1) is 13.2 Å². The van der Waals surface area contributed by atoms with E-state index in [4.69, 9.17) is 4.74 Å². The van der Waals surface area contributed by atoms with E-state index in [0.29, 0.717) is 5.92 Å². The van der Waals surface area contributed by atoms with E-state index in [2.05, 4.69) is 44.3 Å². The molecule has 0 aliphatic carbocycles. The average Bonchev–Trinajstić information content (AvgIpc) is 2.82. The topological polar surface area (TPSA) is 41.5 Å². The second-order valence-electron chi connectivity index (χ2n) is 5.39. The van der Waals surface area contributed by atoms with Gasteiger partial charge in [-0.15, -0.1) is 0 Å². The number of ether oxygens (including phenoxy) is 1. The summed E-state index contributed by atoms with van der Waals surface area (Å²) < 4.78 is 5.51. The highest BCUT2D eigenvalue weighted by atomic mass is 16.5. The molecule has 0 saturated heterocycles. The number of fused-ring (bicyclic) bond motifs is 1. The van der Waals surface area contributed by atoms with Crippen molar-refractivity contribution in [2.24, 2.45) is 5.92 Å². The fourth-order valence-corrected chi connectivity index (χ4v) is 2.35. The molecule has 0 aromatic heterocycles. The predicted molar refractivity (Wildman–Crippen MR) is 72.9 cm³/mol. The highest BCUT2D eigenvalue weighted by molar-refractivity contribution is 5.40. The number of hydrogen-bond acceptors (Lipinski definition) is 3. The van der Waals surface area contributed by atoms with Crippen molar-refractivity contribution >= 4 is 0 Å². The minimum Gasteiger partial charge on any atom is -0.493 e. The zero-order valence-electron chi connectivity index (χ0n) is 11.4. The quantitative estimate of drug-likeness (QED) is 0.841. The van der Waals surface area contributed by atoms with Crippen LogP contribution in [0.4, 0.5) is 0 Å². The number of rotatable bonds is 5. The minimum atomic E-state index is 0.143. The van der Waals surface area contributed by atoms with Crippen LogP contribution in [0.15, 0.2) is 18.2 Å². The smallest absolute Gasteiger partial charge is 0.122 e. The summed E-state index contributed by atoms with van der Waals surface area (Å²) in [5, 5.41) is 12.8. The molecule has 2 N–H and O–H groups in total. The number of aliphatic hydroxyl groups excluding tert-OH is 1. The van der Waals surface area contributed by atoms with Crippen LogP contribution in [0.5, 0.6) is 5.75 Å². The molecule has 1 aliphatic heterocycles. The third kappa shape index (κ3) is 2.85. The van der Waals surface area contributed by atoms with Crippen LogP contribution in [-0.2, 0) is 6.42 Å². The molecule has 0 saturated carbocycles. The van der Waals surface area contributed by atoms with Gasteiger partial charge in [0.25, 0.3) is 0 Å². The summed E-state index contributed by atoms with van der Waals surface area (Å²) in [5.41, 5.74) is 2.56. The molecule has 2 atom stereocenters. The molecule has 0 fully saturated rings. The molecule has 1 aromatic carbocycles. The molecule has 3 heteroatoms. The van der Waals surface area contributed by atoms with E-state index in [1.54, 1.807) is 0 Å². The van der Waals surface area contributed by atoms with Crippen LogP contribution in [0.3, 0.4) is 0 Å². The molecule has 1 heterocycles. The van der Waals surface area contributed by atoms with Crippen molar-refractivity contribution in [3.63, 3.8) is 0 Å². The van der Waals surface area contributed by atoms with E-state index >= 15 is 0 Å². The van der Waals surface area contributed by atoms with Crippen LogP contribution >= 0.6 is 0 Å². The van der Waals surface area contributed by atoms with Crippen molar-refractivity contribution in [2.45, 2.75) is 39.3 Å². The van der Waals surface area contributed by atoms with E-state index in [-0.39, 0.29) is 18.7 Å². The third-order valence-corrected chi connectivity index (χ3v) is 3.68. The fraction of sp³-hybridized carbons (Fsp3) is 0.600. The van der Waals surface area contributed by atoms with Gasteiger partial charge in [0.15, 0.2) is 0 Å². The van der Waals surface area contributed by atoms with Crippen molar-refractivity contribution in [3.8, 4) is 5.75 Å². The van der Waals surface area contributed by atoms with Gasteiger partial charge in [0.1, 0.15) is 5.75 Å². The van der Waals surface area contributed by atoms with E-state index in [1.807, 2.05) is 0 Å². The lowest BCUT2D eigenvalue weighted by molar-refractivity contribution is 0.201. The highest BCUT2D eigenvalue weighted by Crippen LogP contribution is 2.28. The Morgan fingerprint density at radius 2 is 2.11 bits per heavy atom. The van der Waals surface area contributed by atoms with Crippen molar-refractivity contribution in [1.29, 1.82) is 0 Å². The monoisotopic (exact) mass is 249 g/mol. The molecular weight excluding hydrogens is 226 g/mol. The van der Waals surface area contributed by atoms with E-state index in [9.17, 15) is 5.11 Å². The minimum absolute atomic E-state index is 0.143. The first-order valence-corrected chi connectivity index (χ1v) is 6.74. The van der Waals surface area contributed by atoms with Gasteiger partial charge >= 0.3 is 0 Å². The third-order valence-electron chi connectivity index (χ3n) is 3.68. The Balaban J connectivity index is 2.06. The van der Waals surface area contributed by atoms with Gasteiger partial charge in [0.2, 0.25) is 0 Å². The fourth-order valence-electron chi connectivity index (χ4n) is 2.35. The molecule has 0 radical (unpaired) electrons. The summed E-state index contributed by atoms with van der Waals surface area (Å²) >= 11 is 0. The molecule has 1 aromatic rings. The standard InChI is InChI=1S/C15H23NO2/c1-10(2)14(9-17)16-11(3)12-4-5-15-13(8-12)6-7-18-15/h4-5,8,10-11,14,16-17H,6-7,9H2,1-3H3/t11?,14-/m1/s1. The summed E-state index contributed by atoms with van der Waals surface area (Å²) in [5.74, 6) is 1.45. The molecular formula is C15H23NO2. The maximum Gasteiger partial charge on any atom is 0.122 e. The van der Waals surface area contributed by atoms with Gasteiger partial charge in [-0.3, -0.25) is 0 Å². The van der Waals surface area contributed by atoms with Crippen molar-refractivity contribution < 1.29 is 9.84 Å². The van der Waals surface area contributed by atoms with Gasteiger partial charge in [-0.05, 0) is 30.0 Å². The molecule has 18 heavy (non-hydrogen) atoms. The van der Waals surface area contributed by atoms with Gasteiger partial charge in [-0.1, -0.05) is 26.0 Å². The van der Waals surface area contributed by atoms with Gasteiger partial charge in [-0.25, -0.2) is 0 Å². The van der Waals surface area contributed by atoms with E-state index < -0.39 is 0 Å². The largest absolute Gasteiger partial charge is 0.493 e. The van der Waals surface area contributed by atoms with Crippen LogP contribution < -0.4 is 10.1 Å². The lowest BCUT2D eigenvalue weighted by atomic mass is 10.00. The molecule has 1 aliphatic rings. The first-order chi connectivity index (χ1) is 8.61. The Morgan fingerprint density at radius 1 is 1.33 bits per heavy atom. The Morgan fingerprint density at radius 3 is 2.78 bits per heavy atom. The van der Waals surface area contributed by atoms with Gasteiger partial charge in [-0.2, -0.15) is 0 Å². The van der Waals surface area contributed by atoms with Crippen LogP contribution in [0, 0.1) is 5.92 Å². The van der Waals surface area contributed by atoms with E-state index in [0.717, 1.165) is 18.8 Å². The highest BCUT2D eigenvalue weighted by Gasteiger charge is 2.18. The number of hydrogen-bond donors (Lipinski definition) is 2. The second kappa shape index (κ2) is 5.72. The zero-order chi connectivity index (χ0) is 13.1. The van der Waals surface area contributed by atoms with Crippen LogP contribution in [0.1, 0.15) is 37.9 Å². The summed E-state index contributed by atoms with van der Waals surface area (Å²) in [4.78, 5) is 0. The molecule has 2 rings (SSSR count). The van der Waals surface area contributed by atoms with Crippen molar-refractivity contribution in [1.82, 2.24) is 5.32 Å². The number of aliphatic hydroxyl groups is 1. The Kier molecular flexibility index (Phi) is 4.25. The average molecular weight is 249 g/mol. The SMILES string of the molecule is CC(N[C@H](CO)C(C)C)c1ccc2c(c1)CCO2. The summed E-state index contributed by atoms with van der Waals surface area (Å²) in [6.07, 6.45) is 1.00. The Hall–Kier alpha value is -1.06. The normalized spacial score (nSPS) is 17.4. The first kappa shape index (κ1) is 13.4. The van der Waals surface area contributed by atoms with E-state index in [1.165, 1.54) is 11.1 Å². The number of benzene rings is 1. The summed E-state index contributed by atoms with van der Waals surface area (Å²) in [6, 6.07) is 6.77. The van der Waals surface area contributed by atoms with Gasteiger partial charge in [0, 0.05) is 18.5 Å². The predicted octanol–water partition coefficient (Wildman–Crippen LogP) is 2.29. The molecule has 100 valence electrons. The van der Waals surface area contributed by atoms with Gasteiger partial charge < -0.3 is 15.2 Å². The molecule has 0 spiro atoms. The number of nitrogens with one attached hydrogen (secondary N) is 1. The summed E-state index contributed by atoms with van der Waals surface area (Å²) in [6.45, 7) is 7.36. The Labute approximate surface area is 109 Å². The molecule has 3 nitrogen and oxygen atoms in total. The second-order valence-corrected chi connectivity index (χ2v) is 5.39. The van der Waals surface area contributed by atoms with Crippen LogP contribution in [0.25, 0.3) is 0 Å². The van der Waals surface area contributed by atoms with Crippen LogP contribution in [-0.4, -0.2) is 24.4 Å². The maximum atomic E-state index is 9.36. The molecule has 1 unspecified atom stereocenters.